The van der Waals surface area contributed by atoms with Crippen LogP contribution >= 0.6 is 11.3 Å². The van der Waals surface area contributed by atoms with Crippen molar-refractivity contribution in [1.29, 1.82) is 0 Å². The number of nitrogens with one attached hydrogen (secondary N) is 1. The molecule has 0 fully saturated rings. The Balaban J connectivity index is 1.92. The molecule has 0 saturated carbocycles. The minimum Gasteiger partial charge on any atom is -0.453 e. The Bertz CT molecular complexity index is 767. The van der Waals surface area contributed by atoms with E-state index in [0.717, 1.165) is 11.3 Å². The second-order valence-corrected chi connectivity index (χ2v) is 5.07. The highest BCUT2D eigenvalue weighted by Crippen LogP contribution is 2.27. The number of benzene rings is 2. The van der Waals surface area contributed by atoms with Crippen molar-refractivity contribution in [2.45, 2.75) is 0 Å². The Morgan fingerprint density at radius 2 is 2.00 bits per heavy atom. The predicted molar refractivity (Wildman–Crippen MR) is 81.1 cm³/mol. The van der Waals surface area contributed by atoms with Gasteiger partial charge in [0, 0.05) is 10.9 Å². The smallest absolute Gasteiger partial charge is 0.413 e. The first-order valence-electron chi connectivity index (χ1n) is 6.06. The van der Waals surface area contributed by atoms with E-state index >= 15 is 0 Å². The van der Waals surface area contributed by atoms with Crippen molar-refractivity contribution in [3.63, 3.8) is 0 Å². The molecule has 0 aliphatic heterocycles. The van der Waals surface area contributed by atoms with Gasteiger partial charge in [-0.25, -0.2) is 9.78 Å². The Morgan fingerprint density at radius 1 is 1.20 bits per heavy atom. The van der Waals surface area contributed by atoms with E-state index in [4.69, 9.17) is 0 Å². The van der Waals surface area contributed by atoms with Gasteiger partial charge in [-0.3, -0.25) is 5.32 Å². The SMILES string of the molecule is COC(=O)Nc1nc(-c2ccc3ccccc3c2)cs1. The number of carbonyl (C=O) groups is 1. The summed E-state index contributed by atoms with van der Waals surface area (Å²) < 4.78 is 4.54. The first-order chi connectivity index (χ1) is 9.76. The summed E-state index contributed by atoms with van der Waals surface area (Å²) in [6.07, 6.45) is -0.510. The molecule has 1 aromatic heterocycles. The molecule has 0 aliphatic carbocycles. The molecule has 0 radical (unpaired) electrons. The van der Waals surface area contributed by atoms with Crippen LogP contribution in [0.25, 0.3) is 22.0 Å². The number of fused-ring (bicyclic) bond motifs is 1. The van der Waals surface area contributed by atoms with E-state index in [1.165, 1.54) is 29.2 Å². The number of carbonyl (C=O) groups excluding carboxylic acids is 1. The number of nitrogens with zero attached hydrogens (tertiary/aromatic N) is 1. The predicted octanol–water partition coefficient (Wildman–Crippen LogP) is 4.14. The van der Waals surface area contributed by atoms with Crippen LogP contribution in [-0.2, 0) is 4.74 Å². The molecule has 1 heterocycles. The molecule has 0 bridgehead atoms. The largest absolute Gasteiger partial charge is 0.453 e. The van der Waals surface area contributed by atoms with Gasteiger partial charge < -0.3 is 4.74 Å². The number of hydrogen-bond donors (Lipinski definition) is 1. The average molecular weight is 284 g/mol. The maximum absolute atomic E-state index is 11.1. The number of hydrogen-bond acceptors (Lipinski definition) is 4. The van der Waals surface area contributed by atoms with Gasteiger partial charge in [-0.15, -0.1) is 11.3 Å². The van der Waals surface area contributed by atoms with Gasteiger partial charge in [0.1, 0.15) is 0 Å². The quantitative estimate of drug-likeness (QED) is 0.769. The summed E-state index contributed by atoms with van der Waals surface area (Å²) in [5, 5.41) is 7.37. The van der Waals surface area contributed by atoms with Crippen LogP contribution in [0.2, 0.25) is 0 Å². The molecule has 0 saturated heterocycles. The third-order valence-corrected chi connectivity index (χ3v) is 3.70. The highest BCUT2D eigenvalue weighted by Gasteiger charge is 2.08. The Morgan fingerprint density at radius 3 is 2.80 bits per heavy atom. The third kappa shape index (κ3) is 2.48. The van der Waals surface area contributed by atoms with E-state index in [1.54, 1.807) is 0 Å². The van der Waals surface area contributed by atoms with E-state index in [1.807, 2.05) is 23.6 Å². The number of aromatic nitrogens is 1. The van der Waals surface area contributed by atoms with Crippen molar-refractivity contribution < 1.29 is 9.53 Å². The number of thiazole rings is 1. The normalized spacial score (nSPS) is 10.4. The van der Waals surface area contributed by atoms with Gasteiger partial charge in [0.05, 0.1) is 12.8 Å². The minimum absolute atomic E-state index is 0.510. The molecule has 1 N–H and O–H groups in total. The third-order valence-electron chi connectivity index (χ3n) is 2.94. The van der Waals surface area contributed by atoms with E-state index < -0.39 is 6.09 Å². The molecule has 2 aromatic carbocycles. The first kappa shape index (κ1) is 12.6. The van der Waals surface area contributed by atoms with Crippen LogP contribution in [0.1, 0.15) is 0 Å². The number of rotatable bonds is 2. The fourth-order valence-corrected chi connectivity index (χ4v) is 2.66. The van der Waals surface area contributed by atoms with E-state index in [-0.39, 0.29) is 0 Å². The van der Waals surface area contributed by atoms with Gasteiger partial charge in [-0.05, 0) is 16.8 Å². The molecule has 5 heteroatoms. The lowest BCUT2D eigenvalue weighted by Crippen LogP contribution is -2.10. The van der Waals surface area contributed by atoms with Crippen molar-refractivity contribution in [2.24, 2.45) is 0 Å². The second kappa shape index (κ2) is 5.30. The highest BCUT2D eigenvalue weighted by atomic mass is 32.1. The summed E-state index contributed by atoms with van der Waals surface area (Å²) in [5.41, 5.74) is 1.87. The van der Waals surface area contributed by atoms with E-state index in [0.29, 0.717) is 5.13 Å². The summed E-state index contributed by atoms with van der Waals surface area (Å²) in [6.45, 7) is 0. The van der Waals surface area contributed by atoms with Crippen LogP contribution < -0.4 is 5.32 Å². The molecule has 1 amide bonds. The van der Waals surface area contributed by atoms with Crippen molar-refractivity contribution in [3.8, 4) is 11.3 Å². The molecule has 3 aromatic rings. The van der Waals surface area contributed by atoms with Crippen LogP contribution in [0.4, 0.5) is 9.93 Å². The molecule has 0 unspecified atom stereocenters. The summed E-state index contributed by atoms with van der Waals surface area (Å²) in [5.74, 6) is 0. The van der Waals surface area contributed by atoms with Crippen LogP contribution in [0, 0.1) is 0 Å². The topological polar surface area (TPSA) is 51.2 Å². The zero-order valence-corrected chi connectivity index (χ0v) is 11.6. The van der Waals surface area contributed by atoms with Gasteiger partial charge in [0.25, 0.3) is 0 Å². The number of anilines is 1. The lowest BCUT2D eigenvalue weighted by Gasteiger charge is -2.01. The van der Waals surface area contributed by atoms with Crippen molar-refractivity contribution in [3.05, 3.63) is 47.8 Å². The number of amides is 1. The van der Waals surface area contributed by atoms with Crippen molar-refractivity contribution in [1.82, 2.24) is 4.98 Å². The molecular formula is C15H12N2O2S. The van der Waals surface area contributed by atoms with Gasteiger partial charge in [0.15, 0.2) is 5.13 Å². The van der Waals surface area contributed by atoms with Crippen LogP contribution in [0.15, 0.2) is 47.8 Å². The maximum Gasteiger partial charge on any atom is 0.413 e. The number of ether oxygens (including phenoxy) is 1. The molecule has 0 spiro atoms. The molecule has 0 aliphatic rings. The average Bonchev–Trinajstić information content (AvgIpc) is 2.95. The monoisotopic (exact) mass is 284 g/mol. The molecule has 100 valence electrons. The van der Waals surface area contributed by atoms with Gasteiger partial charge >= 0.3 is 6.09 Å². The van der Waals surface area contributed by atoms with Gasteiger partial charge in [-0.1, -0.05) is 36.4 Å². The van der Waals surface area contributed by atoms with E-state index in [2.05, 4.69) is 39.3 Å². The molecule has 20 heavy (non-hydrogen) atoms. The standard InChI is InChI=1S/C15H12N2O2S/c1-19-15(18)17-14-16-13(9-20-14)12-7-6-10-4-2-3-5-11(10)8-12/h2-9H,1H3,(H,16,17,18). The zero-order valence-electron chi connectivity index (χ0n) is 10.8. The molecule has 3 rings (SSSR count). The summed E-state index contributed by atoms with van der Waals surface area (Å²) >= 11 is 1.37. The molecule has 4 nitrogen and oxygen atoms in total. The first-order valence-corrected chi connectivity index (χ1v) is 6.94. The number of methoxy groups -OCH3 is 1. The maximum atomic E-state index is 11.1. The highest BCUT2D eigenvalue weighted by molar-refractivity contribution is 7.14. The molecule has 0 atom stereocenters. The lowest BCUT2D eigenvalue weighted by molar-refractivity contribution is 0.187. The van der Waals surface area contributed by atoms with Gasteiger partial charge in [-0.2, -0.15) is 0 Å². The van der Waals surface area contributed by atoms with Crippen molar-refractivity contribution in [2.75, 3.05) is 12.4 Å². The Labute approximate surface area is 120 Å². The fourth-order valence-electron chi connectivity index (χ4n) is 1.95. The molecular weight excluding hydrogens is 272 g/mol. The van der Waals surface area contributed by atoms with Crippen molar-refractivity contribution >= 4 is 33.3 Å². The fraction of sp³-hybridized carbons (Fsp3) is 0.0667. The summed E-state index contributed by atoms with van der Waals surface area (Å²) in [7, 11) is 1.33. The summed E-state index contributed by atoms with van der Waals surface area (Å²) in [6, 6.07) is 14.4. The Hall–Kier alpha value is -2.40. The second-order valence-electron chi connectivity index (χ2n) is 4.22. The zero-order chi connectivity index (χ0) is 13.9. The van der Waals surface area contributed by atoms with Crippen LogP contribution in [-0.4, -0.2) is 18.2 Å². The van der Waals surface area contributed by atoms with E-state index in [9.17, 15) is 4.79 Å². The van der Waals surface area contributed by atoms with Gasteiger partial charge in [0.2, 0.25) is 0 Å². The minimum atomic E-state index is -0.510. The van der Waals surface area contributed by atoms with Crippen LogP contribution in [0.5, 0.6) is 0 Å². The summed E-state index contributed by atoms with van der Waals surface area (Å²) in [4.78, 5) is 15.5. The Kier molecular flexibility index (Phi) is 3.35. The van der Waals surface area contributed by atoms with Crippen LogP contribution in [0.3, 0.4) is 0 Å². The lowest BCUT2D eigenvalue weighted by atomic mass is 10.1.